The third-order valence-corrected chi connectivity index (χ3v) is 1.93. The molecule has 0 bridgehead atoms. The van der Waals surface area contributed by atoms with E-state index in [1.54, 1.807) is 5.32 Å². The summed E-state index contributed by atoms with van der Waals surface area (Å²) in [6.45, 7) is 0.483. The fourth-order valence-corrected chi connectivity index (χ4v) is 1.10. The van der Waals surface area contributed by atoms with Gasteiger partial charge in [-0.2, -0.15) is 0 Å². The maximum absolute atomic E-state index is 13.1. The van der Waals surface area contributed by atoms with Crippen LogP contribution in [0.25, 0.3) is 0 Å². The van der Waals surface area contributed by atoms with Crippen LogP contribution in [0.4, 0.5) is 22.0 Å². The molecular formula is C10H6F5NO2. The fourth-order valence-electron chi connectivity index (χ4n) is 1.10. The Morgan fingerprint density at radius 3 is 1.67 bits per heavy atom. The van der Waals surface area contributed by atoms with Crippen molar-refractivity contribution in [2.75, 3.05) is 6.54 Å². The third kappa shape index (κ3) is 2.47. The zero-order chi connectivity index (χ0) is 14.0. The Bertz CT molecular complexity index is 500. The van der Waals surface area contributed by atoms with Crippen LogP contribution in [0.3, 0.4) is 0 Å². The van der Waals surface area contributed by atoms with Crippen LogP contribution in [0, 0.1) is 29.1 Å². The molecule has 18 heavy (non-hydrogen) atoms. The van der Waals surface area contributed by atoms with E-state index < -0.39 is 52.9 Å². The second-order valence-corrected chi connectivity index (χ2v) is 3.33. The molecule has 0 unspecified atom stereocenters. The van der Waals surface area contributed by atoms with Gasteiger partial charge in [0.25, 0.3) is 5.91 Å². The van der Waals surface area contributed by atoms with Crippen molar-refractivity contribution in [1.29, 1.82) is 0 Å². The summed E-state index contributed by atoms with van der Waals surface area (Å²) in [6, 6.07) is 0. The normalized spacial score (nSPS) is 10.3. The minimum absolute atomic E-state index is 0.549. The number of halogens is 5. The van der Waals surface area contributed by atoms with Gasteiger partial charge in [0.1, 0.15) is 11.3 Å². The average Bonchev–Trinajstić information content (AvgIpc) is 2.31. The summed E-state index contributed by atoms with van der Waals surface area (Å²) >= 11 is 0. The Balaban J connectivity index is 3.24. The molecule has 0 radical (unpaired) electrons. The smallest absolute Gasteiger partial charge is 0.257 e. The molecule has 1 aromatic rings. The lowest BCUT2D eigenvalue weighted by Crippen LogP contribution is -2.30. The molecule has 1 N–H and O–H groups in total. The summed E-state index contributed by atoms with van der Waals surface area (Å²) in [7, 11) is 0. The Labute approximate surface area is 97.6 Å². The Hall–Kier alpha value is -1.99. The molecule has 98 valence electrons. The van der Waals surface area contributed by atoms with Crippen LogP contribution < -0.4 is 5.32 Å². The van der Waals surface area contributed by atoms with Gasteiger partial charge in [0.15, 0.2) is 23.3 Å². The summed E-state index contributed by atoms with van der Waals surface area (Å²) < 4.78 is 64.4. The molecule has 1 amide bonds. The monoisotopic (exact) mass is 267 g/mol. The van der Waals surface area contributed by atoms with Crippen LogP contribution >= 0.6 is 0 Å². The van der Waals surface area contributed by atoms with Crippen LogP contribution in [0.2, 0.25) is 0 Å². The van der Waals surface area contributed by atoms with E-state index >= 15 is 0 Å². The zero-order valence-corrected chi connectivity index (χ0v) is 8.91. The number of hydrogen-bond donors (Lipinski definition) is 1. The Kier molecular flexibility index (Phi) is 4.00. The van der Waals surface area contributed by atoms with E-state index in [2.05, 4.69) is 0 Å². The largest absolute Gasteiger partial charge is 0.345 e. The lowest BCUT2D eigenvalue weighted by atomic mass is 10.1. The SMILES string of the molecule is CC(=O)CNC(=O)c1c(F)c(F)c(F)c(F)c1F. The van der Waals surface area contributed by atoms with E-state index in [-0.39, 0.29) is 0 Å². The molecule has 0 aliphatic carbocycles. The van der Waals surface area contributed by atoms with Crippen molar-refractivity contribution < 1.29 is 31.5 Å². The van der Waals surface area contributed by atoms with Crippen LogP contribution in [-0.2, 0) is 4.79 Å². The lowest BCUT2D eigenvalue weighted by molar-refractivity contribution is -0.116. The summed E-state index contributed by atoms with van der Waals surface area (Å²) in [5.41, 5.74) is -1.62. The first kappa shape index (κ1) is 14.1. The number of nitrogens with one attached hydrogen (secondary N) is 1. The molecule has 0 aliphatic rings. The van der Waals surface area contributed by atoms with Crippen molar-refractivity contribution in [2.45, 2.75) is 6.92 Å². The van der Waals surface area contributed by atoms with Gasteiger partial charge in [0, 0.05) is 0 Å². The molecule has 0 saturated carbocycles. The van der Waals surface area contributed by atoms with Gasteiger partial charge in [-0.05, 0) is 6.92 Å². The highest BCUT2D eigenvalue weighted by atomic mass is 19.2. The third-order valence-electron chi connectivity index (χ3n) is 1.93. The minimum atomic E-state index is -2.35. The quantitative estimate of drug-likeness (QED) is 0.514. The Morgan fingerprint density at radius 2 is 1.28 bits per heavy atom. The number of carbonyl (C=O) groups is 2. The lowest BCUT2D eigenvalue weighted by Gasteiger charge is -2.07. The molecule has 0 aromatic heterocycles. The molecular weight excluding hydrogens is 261 g/mol. The van der Waals surface area contributed by atoms with E-state index in [0.29, 0.717) is 0 Å². The van der Waals surface area contributed by atoms with Crippen molar-refractivity contribution in [3.8, 4) is 0 Å². The maximum Gasteiger partial charge on any atom is 0.257 e. The first-order valence-corrected chi connectivity index (χ1v) is 4.56. The van der Waals surface area contributed by atoms with E-state index in [1.807, 2.05) is 0 Å². The summed E-state index contributed by atoms with van der Waals surface area (Å²) in [4.78, 5) is 21.7. The van der Waals surface area contributed by atoms with Crippen molar-refractivity contribution in [3.63, 3.8) is 0 Å². The van der Waals surface area contributed by atoms with E-state index in [9.17, 15) is 31.5 Å². The van der Waals surface area contributed by atoms with Gasteiger partial charge in [-0.1, -0.05) is 0 Å². The zero-order valence-electron chi connectivity index (χ0n) is 8.91. The van der Waals surface area contributed by atoms with Gasteiger partial charge in [0.05, 0.1) is 6.54 Å². The first-order valence-electron chi connectivity index (χ1n) is 4.56. The van der Waals surface area contributed by atoms with Gasteiger partial charge in [-0.3, -0.25) is 9.59 Å². The van der Waals surface area contributed by atoms with Gasteiger partial charge < -0.3 is 5.32 Å². The fraction of sp³-hybridized carbons (Fsp3) is 0.200. The number of ketones is 1. The van der Waals surface area contributed by atoms with E-state index in [0.717, 1.165) is 6.92 Å². The highest BCUT2D eigenvalue weighted by Crippen LogP contribution is 2.22. The highest BCUT2D eigenvalue weighted by Gasteiger charge is 2.29. The van der Waals surface area contributed by atoms with Crippen LogP contribution in [0.5, 0.6) is 0 Å². The van der Waals surface area contributed by atoms with E-state index in [4.69, 9.17) is 0 Å². The number of hydrogen-bond acceptors (Lipinski definition) is 2. The molecule has 0 heterocycles. The minimum Gasteiger partial charge on any atom is -0.345 e. The summed E-state index contributed by atoms with van der Waals surface area (Å²) in [5, 5.41) is 1.73. The predicted molar refractivity (Wildman–Crippen MR) is 49.2 cm³/mol. The van der Waals surface area contributed by atoms with Gasteiger partial charge in [-0.15, -0.1) is 0 Å². The van der Waals surface area contributed by atoms with Gasteiger partial charge in [0.2, 0.25) is 5.82 Å². The maximum atomic E-state index is 13.1. The van der Waals surface area contributed by atoms with Crippen molar-refractivity contribution in [3.05, 3.63) is 34.6 Å². The van der Waals surface area contributed by atoms with Gasteiger partial charge in [-0.25, -0.2) is 22.0 Å². The van der Waals surface area contributed by atoms with Crippen molar-refractivity contribution >= 4 is 11.7 Å². The number of Topliss-reactive ketones (excluding diaryl/α,β-unsaturated/α-hetero) is 1. The second-order valence-electron chi connectivity index (χ2n) is 3.33. The molecule has 0 spiro atoms. The molecule has 0 saturated heterocycles. The summed E-state index contributed by atoms with van der Waals surface area (Å²) in [5.74, 6) is -13.4. The molecule has 0 fully saturated rings. The molecule has 0 atom stereocenters. The topological polar surface area (TPSA) is 46.2 Å². The standard InChI is InChI=1S/C10H6F5NO2/c1-3(17)2-16-10(18)4-5(11)7(13)9(15)8(14)6(4)12/h2H2,1H3,(H,16,18). The van der Waals surface area contributed by atoms with Crippen LogP contribution in [0.15, 0.2) is 0 Å². The number of benzene rings is 1. The van der Waals surface area contributed by atoms with Crippen molar-refractivity contribution in [1.82, 2.24) is 5.32 Å². The molecule has 1 aromatic carbocycles. The van der Waals surface area contributed by atoms with Crippen molar-refractivity contribution in [2.24, 2.45) is 0 Å². The van der Waals surface area contributed by atoms with E-state index in [1.165, 1.54) is 0 Å². The molecule has 0 aliphatic heterocycles. The second kappa shape index (κ2) is 5.11. The number of amides is 1. The highest BCUT2D eigenvalue weighted by molar-refractivity contribution is 5.97. The van der Waals surface area contributed by atoms with Gasteiger partial charge >= 0.3 is 0 Å². The molecule has 8 heteroatoms. The Morgan fingerprint density at radius 1 is 0.889 bits per heavy atom. The number of carbonyl (C=O) groups excluding carboxylic acids is 2. The van der Waals surface area contributed by atoms with Crippen LogP contribution in [-0.4, -0.2) is 18.2 Å². The van der Waals surface area contributed by atoms with Crippen LogP contribution in [0.1, 0.15) is 17.3 Å². The first-order chi connectivity index (χ1) is 8.27. The number of rotatable bonds is 3. The summed E-state index contributed by atoms with van der Waals surface area (Å²) in [6.07, 6.45) is 0. The average molecular weight is 267 g/mol. The molecule has 3 nitrogen and oxygen atoms in total. The molecule has 1 rings (SSSR count). The predicted octanol–water partition coefficient (Wildman–Crippen LogP) is 1.70.